The first-order valence-corrected chi connectivity index (χ1v) is 7.58. The van der Waals surface area contributed by atoms with Gasteiger partial charge in [0, 0.05) is 13.1 Å². The van der Waals surface area contributed by atoms with Crippen LogP contribution in [0, 0.1) is 5.82 Å². The van der Waals surface area contributed by atoms with E-state index in [-0.39, 0.29) is 29.8 Å². The molecule has 0 heterocycles. The van der Waals surface area contributed by atoms with E-state index in [1.54, 1.807) is 0 Å². The first-order chi connectivity index (χ1) is 10.8. The number of hydrogen-bond donors (Lipinski definition) is 2. The summed E-state index contributed by atoms with van der Waals surface area (Å²) in [5.41, 5.74) is 2.28. The number of hydrogen-bond acceptors (Lipinski definition) is 1. The molecule has 0 saturated carbocycles. The Balaban J connectivity index is 0.00000264. The van der Waals surface area contributed by atoms with Crippen molar-refractivity contribution in [3.8, 4) is 0 Å². The average molecular weight is 427 g/mol. The van der Waals surface area contributed by atoms with E-state index in [1.165, 1.54) is 17.7 Å². The zero-order valence-corrected chi connectivity index (χ0v) is 15.6. The van der Waals surface area contributed by atoms with Crippen LogP contribution in [-0.2, 0) is 13.0 Å². The molecule has 2 aromatic carbocycles. The summed E-state index contributed by atoms with van der Waals surface area (Å²) in [4.78, 5) is 4.56. The van der Waals surface area contributed by atoms with Crippen molar-refractivity contribution in [3.63, 3.8) is 0 Å². The molecule has 124 valence electrons. The van der Waals surface area contributed by atoms with Crippen LogP contribution in [0.5, 0.6) is 0 Å². The zero-order valence-electron chi connectivity index (χ0n) is 13.3. The number of guanidine groups is 1. The van der Waals surface area contributed by atoms with E-state index < -0.39 is 0 Å². The zero-order chi connectivity index (χ0) is 15.6. The van der Waals surface area contributed by atoms with E-state index >= 15 is 0 Å². The van der Waals surface area contributed by atoms with Crippen LogP contribution in [0.25, 0.3) is 0 Å². The lowest BCUT2D eigenvalue weighted by Crippen LogP contribution is -2.38. The number of halogens is 2. The minimum atomic E-state index is -0.200. The van der Waals surface area contributed by atoms with Crippen molar-refractivity contribution in [2.45, 2.75) is 19.9 Å². The second-order valence-electron chi connectivity index (χ2n) is 4.98. The van der Waals surface area contributed by atoms with Crippen molar-refractivity contribution in [2.75, 3.05) is 13.1 Å². The van der Waals surface area contributed by atoms with Gasteiger partial charge in [-0.05, 0) is 36.6 Å². The van der Waals surface area contributed by atoms with E-state index in [1.807, 2.05) is 37.3 Å². The molecule has 0 saturated heterocycles. The Labute approximate surface area is 154 Å². The van der Waals surface area contributed by atoms with Gasteiger partial charge in [-0.2, -0.15) is 0 Å². The summed E-state index contributed by atoms with van der Waals surface area (Å²) in [7, 11) is 0. The molecule has 23 heavy (non-hydrogen) atoms. The lowest BCUT2D eigenvalue weighted by atomic mass is 10.1. The van der Waals surface area contributed by atoms with Gasteiger partial charge in [-0.15, -0.1) is 24.0 Å². The minimum absolute atomic E-state index is 0. The third-order valence-corrected chi connectivity index (χ3v) is 3.23. The molecular formula is C18H23FIN3. The van der Waals surface area contributed by atoms with Gasteiger partial charge in [0.1, 0.15) is 5.82 Å². The Morgan fingerprint density at radius 3 is 2.30 bits per heavy atom. The summed E-state index contributed by atoms with van der Waals surface area (Å²) in [6.45, 7) is 4.26. The Morgan fingerprint density at radius 2 is 1.65 bits per heavy atom. The van der Waals surface area contributed by atoms with Crippen LogP contribution in [0.3, 0.4) is 0 Å². The van der Waals surface area contributed by atoms with Crippen LogP contribution in [0.2, 0.25) is 0 Å². The second-order valence-corrected chi connectivity index (χ2v) is 4.98. The highest BCUT2D eigenvalue weighted by atomic mass is 127. The van der Waals surface area contributed by atoms with E-state index in [0.717, 1.165) is 31.0 Å². The molecule has 0 unspecified atom stereocenters. The summed E-state index contributed by atoms with van der Waals surface area (Å²) in [5, 5.41) is 6.53. The minimum Gasteiger partial charge on any atom is -0.357 e. The molecule has 5 heteroatoms. The van der Waals surface area contributed by atoms with Crippen molar-refractivity contribution in [1.82, 2.24) is 10.6 Å². The maximum Gasteiger partial charge on any atom is 0.191 e. The van der Waals surface area contributed by atoms with Crippen molar-refractivity contribution in [1.29, 1.82) is 0 Å². The van der Waals surface area contributed by atoms with Gasteiger partial charge < -0.3 is 10.6 Å². The molecule has 2 rings (SSSR count). The fraction of sp³-hybridized carbons (Fsp3) is 0.278. The van der Waals surface area contributed by atoms with Gasteiger partial charge in [-0.3, -0.25) is 0 Å². The Hall–Kier alpha value is -1.63. The van der Waals surface area contributed by atoms with Crippen LogP contribution in [0.1, 0.15) is 18.1 Å². The molecule has 3 nitrogen and oxygen atoms in total. The molecule has 0 aromatic heterocycles. The summed E-state index contributed by atoms with van der Waals surface area (Å²) < 4.78 is 12.9. The molecule has 2 aromatic rings. The number of benzene rings is 2. The third-order valence-electron chi connectivity index (χ3n) is 3.23. The molecule has 0 radical (unpaired) electrons. The summed E-state index contributed by atoms with van der Waals surface area (Å²) in [6, 6.07) is 16.8. The lowest BCUT2D eigenvalue weighted by molar-refractivity contribution is 0.626. The smallest absolute Gasteiger partial charge is 0.191 e. The predicted molar refractivity (Wildman–Crippen MR) is 105 cm³/mol. The normalized spacial score (nSPS) is 10.8. The Bertz CT molecular complexity index is 585. The van der Waals surface area contributed by atoms with Gasteiger partial charge >= 0.3 is 0 Å². The molecule has 0 bridgehead atoms. The fourth-order valence-electron chi connectivity index (χ4n) is 2.07. The van der Waals surface area contributed by atoms with Crippen molar-refractivity contribution in [3.05, 3.63) is 71.5 Å². The molecule has 0 aliphatic carbocycles. The molecule has 2 N–H and O–H groups in total. The van der Waals surface area contributed by atoms with Crippen LogP contribution in [0.4, 0.5) is 4.39 Å². The number of rotatable bonds is 6. The van der Waals surface area contributed by atoms with Crippen molar-refractivity contribution >= 4 is 29.9 Å². The largest absolute Gasteiger partial charge is 0.357 e. The van der Waals surface area contributed by atoms with Crippen molar-refractivity contribution in [2.24, 2.45) is 4.99 Å². The lowest BCUT2D eigenvalue weighted by Gasteiger charge is -2.11. The molecule has 0 amide bonds. The Morgan fingerprint density at radius 1 is 0.957 bits per heavy atom. The molecule has 0 atom stereocenters. The van der Waals surface area contributed by atoms with Gasteiger partial charge in [-0.1, -0.05) is 42.5 Å². The average Bonchev–Trinajstić information content (AvgIpc) is 2.55. The van der Waals surface area contributed by atoms with E-state index in [4.69, 9.17) is 0 Å². The molecule has 0 aliphatic rings. The molecular weight excluding hydrogens is 404 g/mol. The van der Waals surface area contributed by atoms with Crippen LogP contribution in [-0.4, -0.2) is 19.0 Å². The predicted octanol–water partition coefficient (Wildman–Crippen LogP) is 3.74. The Kier molecular flexibility index (Phi) is 9.28. The topological polar surface area (TPSA) is 36.4 Å². The van der Waals surface area contributed by atoms with E-state index in [9.17, 15) is 4.39 Å². The highest BCUT2D eigenvalue weighted by molar-refractivity contribution is 14.0. The van der Waals surface area contributed by atoms with Crippen LogP contribution in [0.15, 0.2) is 59.6 Å². The first-order valence-electron chi connectivity index (χ1n) is 7.58. The third kappa shape index (κ3) is 7.45. The quantitative estimate of drug-likeness (QED) is 0.419. The maximum absolute atomic E-state index is 12.9. The van der Waals surface area contributed by atoms with Crippen LogP contribution >= 0.6 is 24.0 Å². The fourth-order valence-corrected chi connectivity index (χ4v) is 2.07. The number of aliphatic imine (C=N–C) groups is 1. The SMILES string of the molecule is CCNC(=NCc1ccccc1)NCCc1ccc(F)cc1.I. The molecule has 0 spiro atoms. The van der Waals surface area contributed by atoms with Crippen molar-refractivity contribution < 1.29 is 4.39 Å². The number of nitrogens with one attached hydrogen (secondary N) is 2. The summed E-state index contributed by atoms with van der Waals surface area (Å²) in [6.07, 6.45) is 0.829. The summed E-state index contributed by atoms with van der Waals surface area (Å²) in [5.74, 6) is 0.600. The maximum atomic E-state index is 12.9. The summed E-state index contributed by atoms with van der Waals surface area (Å²) >= 11 is 0. The first kappa shape index (κ1) is 19.4. The van der Waals surface area contributed by atoms with E-state index in [0.29, 0.717) is 6.54 Å². The molecule has 0 aliphatic heterocycles. The second kappa shape index (κ2) is 11.0. The van der Waals surface area contributed by atoms with Gasteiger partial charge in [-0.25, -0.2) is 9.38 Å². The van der Waals surface area contributed by atoms with Gasteiger partial charge in [0.15, 0.2) is 5.96 Å². The standard InChI is InChI=1S/C18H22FN3.HI/c1-2-20-18(22-14-16-6-4-3-5-7-16)21-13-12-15-8-10-17(19)11-9-15;/h3-11H,2,12-14H2,1H3,(H2,20,21,22);1H. The molecule has 0 fully saturated rings. The van der Waals surface area contributed by atoms with Gasteiger partial charge in [0.05, 0.1) is 6.54 Å². The highest BCUT2D eigenvalue weighted by Crippen LogP contribution is 2.03. The highest BCUT2D eigenvalue weighted by Gasteiger charge is 1.98. The van der Waals surface area contributed by atoms with Crippen LogP contribution < -0.4 is 10.6 Å². The number of nitrogens with zero attached hydrogens (tertiary/aromatic N) is 1. The monoisotopic (exact) mass is 427 g/mol. The van der Waals surface area contributed by atoms with E-state index in [2.05, 4.69) is 27.8 Å². The van der Waals surface area contributed by atoms with Gasteiger partial charge in [0.2, 0.25) is 0 Å². The van der Waals surface area contributed by atoms with Gasteiger partial charge in [0.25, 0.3) is 0 Å².